The summed E-state index contributed by atoms with van der Waals surface area (Å²) in [6, 6.07) is 20.7. The minimum atomic E-state index is -0.568. The molecule has 0 unspecified atom stereocenters. The predicted molar refractivity (Wildman–Crippen MR) is 120 cm³/mol. The molecule has 2 amide bonds. The molecule has 0 saturated heterocycles. The molecule has 2 aromatic carbocycles. The molecule has 6 nitrogen and oxygen atoms in total. The second-order valence-electron chi connectivity index (χ2n) is 8.06. The number of rotatable bonds is 6. The maximum absolute atomic E-state index is 12.9. The lowest BCUT2D eigenvalue weighted by Gasteiger charge is -2.20. The van der Waals surface area contributed by atoms with Crippen LogP contribution in [0.4, 0.5) is 4.79 Å². The molecular weight excluding hydrogens is 390 g/mol. The van der Waals surface area contributed by atoms with E-state index in [1.165, 1.54) is 0 Å². The second-order valence-corrected chi connectivity index (χ2v) is 8.06. The number of benzene rings is 2. The Morgan fingerprint density at radius 1 is 0.839 bits per heavy atom. The van der Waals surface area contributed by atoms with E-state index in [0.29, 0.717) is 12.1 Å². The van der Waals surface area contributed by atoms with Gasteiger partial charge in [0, 0.05) is 18.3 Å². The van der Waals surface area contributed by atoms with Crippen LogP contribution in [0.5, 0.6) is 0 Å². The van der Waals surface area contributed by atoms with Crippen LogP contribution < -0.4 is 10.6 Å². The number of alkyl carbamates (subject to hydrolysis) is 1. The van der Waals surface area contributed by atoms with Crippen molar-refractivity contribution in [3.63, 3.8) is 0 Å². The molecule has 31 heavy (non-hydrogen) atoms. The normalized spacial score (nSPS) is 10.9. The molecule has 6 heteroatoms. The fraction of sp³-hybridized carbons (Fsp3) is 0.240. The zero-order valence-electron chi connectivity index (χ0n) is 18.0. The SMILES string of the molecule is CC(C)(C)OC(=O)NCc1ccccc1-c1ccccc1C(=O)NCc1ccccn1. The molecule has 0 spiro atoms. The van der Waals surface area contributed by atoms with Crippen molar-refractivity contribution < 1.29 is 14.3 Å². The minimum Gasteiger partial charge on any atom is -0.444 e. The molecule has 0 bridgehead atoms. The lowest BCUT2D eigenvalue weighted by Crippen LogP contribution is -2.32. The van der Waals surface area contributed by atoms with E-state index in [0.717, 1.165) is 22.4 Å². The lowest BCUT2D eigenvalue weighted by atomic mass is 9.95. The molecule has 0 aliphatic rings. The fourth-order valence-corrected chi connectivity index (χ4v) is 3.10. The van der Waals surface area contributed by atoms with E-state index in [9.17, 15) is 9.59 Å². The summed E-state index contributed by atoms with van der Waals surface area (Å²) >= 11 is 0. The minimum absolute atomic E-state index is 0.184. The van der Waals surface area contributed by atoms with Gasteiger partial charge < -0.3 is 15.4 Å². The van der Waals surface area contributed by atoms with Gasteiger partial charge in [0.15, 0.2) is 0 Å². The Labute approximate surface area is 182 Å². The number of aromatic nitrogens is 1. The van der Waals surface area contributed by atoms with Crippen LogP contribution in [0.15, 0.2) is 72.9 Å². The van der Waals surface area contributed by atoms with Crippen molar-refractivity contribution in [1.82, 2.24) is 15.6 Å². The van der Waals surface area contributed by atoms with Gasteiger partial charge in [-0.1, -0.05) is 48.5 Å². The van der Waals surface area contributed by atoms with Crippen molar-refractivity contribution in [3.05, 3.63) is 89.7 Å². The number of hydrogen-bond donors (Lipinski definition) is 2. The maximum atomic E-state index is 12.9. The van der Waals surface area contributed by atoms with E-state index >= 15 is 0 Å². The molecule has 1 aromatic heterocycles. The van der Waals surface area contributed by atoms with E-state index in [1.807, 2.05) is 81.4 Å². The third-order valence-corrected chi connectivity index (χ3v) is 4.46. The summed E-state index contributed by atoms with van der Waals surface area (Å²) in [6.45, 7) is 6.09. The van der Waals surface area contributed by atoms with Gasteiger partial charge in [0.25, 0.3) is 5.91 Å². The highest BCUT2D eigenvalue weighted by Gasteiger charge is 2.18. The van der Waals surface area contributed by atoms with Crippen LogP contribution in [0.3, 0.4) is 0 Å². The molecular formula is C25H27N3O3. The van der Waals surface area contributed by atoms with Crippen LogP contribution in [0.2, 0.25) is 0 Å². The van der Waals surface area contributed by atoms with Gasteiger partial charge in [-0.2, -0.15) is 0 Å². The Morgan fingerprint density at radius 2 is 1.52 bits per heavy atom. The van der Waals surface area contributed by atoms with Gasteiger partial charge in [0.1, 0.15) is 5.60 Å². The number of pyridine rings is 1. The molecule has 0 saturated carbocycles. The van der Waals surface area contributed by atoms with Crippen molar-refractivity contribution in [2.45, 2.75) is 39.5 Å². The first-order valence-corrected chi connectivity index (χ1v) is 10.2. The largest absolute Gasteiger partial charge is 0.444 e. The molecule has 2 N–H and O–H groups in total. The first-order valence-electron chi connectivity index (χ1n) is 10.2. The summed E-state index contributed by atoms with van der Waals surface area (Å²) in [6.07, 6.45) is 1.22. The summed E-state index contributed by atoms with van der Waals surface area (Å²) in [5.74, 6) is -0.184. The van der Waals surface area contributed by atoms with Crippen LogP contribution in [0, 0.1) is 0 Å². The van der Waals surface area contributed by atoms with E-state index in [4.69, 9.17) is 4.74 Å². The molecule has 3 rings (SSSR count). The van der Waals surface area contributed by atoms with Crippen molar-refractivity contribution in [2.75, 3.05) is 0 Å². The van der Waals surface area contributed by atoms with Gasteiger partial charge in [-0.3, -0.25) is 9.78 Å². The highest BCUT2D eigenvalue weighted by Crippen LogP contribution is 2.27. The number of hydrogen-bond acceptors (Lipinski definition) is 4. The fourth-order valence-electron chi connectivity index (χ4n) is 3.10. The van der Waals surface area contributed by atoms with Crippen LogP contribution in [0.1, 0.15) is 42.4 Å². The number of nitrogens with one attached hydrogen (secondary N) is 2. The Morgan fingerprint density at radius 3 is 2.23 bits per heavy atom. The predicted octanol–water partition coefficient (Wildman–Crippen LogP) is 4.70. The zero-order chi connectivity index (χ0) is 22.3. The molecule has 0 radical (unpaired) electrons. The van der Waals surface area contributed by atoms with Crippen LogP contribution in [0.25, 0.3) is 11.1 Å². The van der Waals surface area contributed by atoms with E-state index < -0.39 is 11.7 Å². The van der Waals surface area contributed by atoms with Crippen LogP contribution >= 0.6 is 0 Å². The van der Waals surface area contributed by atoms with E-state index in [-0.39, 0.29) is 12.5 Å². The standard InChI is InChI=1S/C25H27N3O3/c1-25(2,3)31-24(30)28-16-18-10-4-5-12-20(18)21-13-6-7-14-22(21)23(29)27-17-19-11-8-9-15-26-19/h4-15H,16-17H2,1-3H3,(H,27,29)(H,28,30). The topological polar surface area (TPSA) is 80.3 Å². The first-order chi connectivity index (χ1) is 14.8. The Balaban J connectivity index is 1.79. The van der Waals surface area contributed by atoms with Crippen LogP contribution in [-0.4, -0.2) is 22.6 Å². The summed E-state index contributed by atoms with van der Waals surface area (Å²) in [4.78, 5) is 29.2. The number of ether oxygens (including phenoxy) is 1. The average Bonchev–Trinajstić information content (AvgIpc) is 2.76. The van der Waals surface area contributed by atoms with Crippen molar-refractivity contribution >= 4 is 12.0 Å². The number of nitrogens with zero attached hydrogens (tertiary/aromatic N) is 1. The maximum Gasteiger partial charge on any atom is 0.407 e. The lowest BCUT2D eigenvalue weighted by molar-refractivity contribution is 0.0523. The molecule has 1 heterocycles. The summed E-state index contributed by atoms with van der Waals surface area (Å²) in [5, 5.41) is 5.72. The summed E-state index contributed by atoms with van der Waals surface area (Å²) in [7, 11) is 0. The molecule has 0 fully saturated rings. The first kappa shape index (κ1) is 22.0. The van der Waals surface area contributed by atoms with Gasteiger partial charge in [-0.25, -0.2) is 4.79 Å². The monoisotopic (exact) mass is 417 g/mol. The zero-order valence-corrected chi connectivity index (χ0v) is 18.0. The third-order valence-electron chi connectivity index (χ3n) is 4.46. The average molecular weight is 418 g/mol. The number of carbonyl (C=O) groups excluding carboxylic acids is 2. The van der Waals surface area contributed by atoms with Gasteiger partial charge in [-0.15, -0.1) is 0 Å². The van der Waals surface area contributed by atoms with Gasteiger partial charge in [0.05, 0.1) is 12.2 Å². The second kappa shape index (κ2) is 9.89. The molecule has 0 aliphatic carbocycles. The molecule has 160 valence electrons. The van der Waals surface area contributed by atoms with E-state index in [1.54, 1.807) is 12.3 Å². The van der Waals surface area contributed by atoms with E-state index in [2.05, 4.69) is 15.6 Å². The van der Waals surface area contributed by atoms with Crippen LogP contribution in [-0.2, 0) is 17.8 Å². The Kier molecular flexibility index (Phi) is 7.03. The smallest absolute Gasteiger partial charge is 0.407 e. The molecule has 3 aromatic rings. The highest BCUT2D eigenvalue weighted by molar-refractivity contribution is 6.01. The van der Waals surface area contributed by atoms with Crippen molar-refractivity contribution in [2.24, 2.45) is 0 Å². The Bertz CT molecular complexity index is 1040. The molecule has 0 aliphatic heterocycles. The number of amides is 2. The summed E-state index contributed by atoms with van der Waals surface area (Å²) in [5.41, 5.74) is 3.34. The number of carbonyl (C=O) groups is 2. The van der Waals surface area contributed by atoms with Gasteiger partial charge in [0.2, 0.25) is 0 Å². The van der Waals surface area contributed by atoms with Crippen molar-refractivity contribution in [3.8, 4) is 11.1 Å². The quantitative estimate of drug-likeness (QED) is 0.609. The van der Waals surface area contributed by atoms with Gasteiger partial charge >= 0.3 is 6.09 Å². The van der Waals surface area contributed by atoms with Gasteiger partial charge in [-0.05, 0) is 55.7 Å². The Hall–Kier alpha value is -3.67. The highest BCUT2D eigenvalue weighted by atomic mass is 16.6. The van der Waals surface area contributed by atoms with Crippen molar-refractivity contribution in [1.29, 1.82) is 0 Å². The third kappa shape index (κ3) is 6.40. The molecule has 0 atom stereocenters. The summed E-state index contributed by atoms with van der Waals surface area (Å²) < 4.78 is 5.32.